The molecule has 4 nitrogen and oxygen atoms in total. The van der Waals surface area contributed by atoms with E-state index in [1.54, 1.807) is 0 Å². The van der Waals surface area contributed by atoms with Crippen molar-refractivity contribution in [2.75, 3.05) is 39.3 Å². The van der Waals surface area contributed by atoms with Crippen molar-refractivity contribution in [3.05, 3.63) is 0 Å². The topological polar surface area (TPSA) is 35.6 Å². The third kappa shape index (κ3) is 3.48. The van der Waals surface area contributed by atoms with Crippen LogP contribution in [0, 0.1) is 11.3 Å². The standard InChI is InChI=1S/C15H29N3O/c1-12(17-9-6-16-7-10-17)14(19)18-8-5-13(11-18)15(2,3)4/h12-13,16H,5-11H2,1-4H3. The van der Waals surface area contributed by atoms with Gasteiger partial charge in [-0.2, -0.15) is 0 Å². The van der Waals surface area contributed by atoms with Crippen molar-refractivity contribution in [1.82, 2.24) is 15.1 Å². The van der Waals surface area contributed by atoms with Crippen LogP contribution in [0.3, 0.4) is 0 Å². The summed E-state index contributed by atoms with van der Waals surface area (Å²) in [5.74, 6) is 0.973. The molecule has 0 aromatic carbocycles. The molecule has 2 atom stereocenters. The highest BCUT2D eigenvalue weighted by Gasteiger charge is 2.36. The maximum absolute atomic E-state index is 12.6. The summed E-state index contributed by atoms with van der Waals surface area (Å²) in [5.41, 5.74) is 0.313. The number of rotatable bonds is 2. The van der Waals surface area contributed by atoms with Gasteiger partial charge in [-0.15, -0.1) is 0 Å². The number of hydrogen-bond acceptors (Lipinski definition) is 3. The molecule has 2 unspecified atom stereocenters. The fourth-order valence-corrected chi connectivity index (χ4v) is 3.16. The smallest absolute Gasteiger partial charge is 0.239 e. The van der Waals surface area contributed by atoms with E-state index in [9.17, 15) is 4.79 Å². The van der Waals surface area contributed by atoms with Gasteiger partial charge in [0, 0.05) is 39.3 Å². The molecule has 2 saturated heterocycles. The first-order chi connectivity index (χ1) is 8.89. The Hall–Kier alpha value is -0.610. The first-order valence-corrected chi connectivity index (χ1v) is 7.63. The van der Waals surface area contributed by atoms with Crippen molar-refractivity contribution < 1.29 is 4.79 Å². The first-order valence-electron chi connectivity index (χ1n) is 7.63. The van der Waals surface area contributed by atoms with Gasteiger partial charge in [-0.1, -0.05) is 20.8 Å². The molecule has 0 saturated carbocycles. The monoisotopic (exact) mass is 267 g/mol. The molecule has 0 aromatic rings. The van der Waals surface area contributed by atoms with Gasteiger partial charge in [-0.25, -0.2) is 0 Å². The summed E-state index contributed by atoms with van der Waals surface area (Å²) < 4.78 is 0. The van der Waals surface area contributed by atoms with Gasteiger partial charge >= 0.3 is 0 Å². The molecule has 0 aliphatic carbocycles. The number of carbonyl (C=O) groups excluding carboxylic acids is 1. The molecule has 0 aromatic heterocycles. The average Bonchev–Trinajstić information content (AvgIpc) is 2.87. The summed E-state index contributed by atoms with van der Waals surface area (Å²) >= 11 is 0. The molecular formula is C15H29N3O. The van der Waals surface area contributed by atoms with Crippen LogP contribution in [0.5, 0.6) is 0 Å². The van der Waals surface area contributed by atoms with Crippen LogP contribution in [0.2, 0.25) is 0 Å². The Kier molecular flexibility index (Phi) is 4.51. The molecule has 2 rings (SSSR count). The molecule has 2 aliphatic rings. The van der Waals surface area contributed by atoms with E-state index in [2.05, 4.69) is 42.8 Å². The summed E-state index contributed by atoms with van der Waals surface area (Å²) in [5, 5.41) is 3.34. The molecule has 4 heteroatoms. The molecule has 0 bridgehead atoms. The van der Waals surface area contributed by atoms with Crippen molar-refractivity contribution in [2.24, 2.45) is 11.3 Å². The highest BCUT2D eigenvalue weighted by molar-refractivity contribution is 5.81. The molecule has 110 valence electrons. The van der Waals surface area contributed by atoms with E-state index < -0.39 is 0 Å². The van der Waals surface area contributed by atoms with Gasteiger partial charge < -0.3 is 10.2 Å². The van der Waals surface area contributed by atoms with Gasteiger partial charge in [0.25, 0.3) is 0 Å². The highest BCUT2D eigenvalue weighted by Crippen LogP contribution is 2.33. The van der Waals surface area contributed by atoms with E-state index in [-0.39, 0.29) is 6.04 Å². The van der Waals surface area contributed by atoms with Crippen LogP contribution in [-0.2, 0) is 4.79 Å². The van der Waals surface area contributed by atoms with Gasteiger partial charge in [0.1, 0.15) is 0 Å². The van der Waals surface area contributed by atoms with Crippen LogP contribution >= 0.6 is 0 Å². The van der Waals surface area contributed by atoms with Gasteiger partial charge in [0.2, 0.25) is 5.91 Å². The van der Waals surface area contributed by atoms with Crippen LogP contribution in [0.4, 0.5) is 0 Å². The number of likely N-dealkylation sites (tertiary alicyclic amines) is 1. The largest absolute Gasteiger partial charge is 0.341 e. The molecule has 0 radical (unpaired) electrons. The first kappa shape index (κ1) is 14.8. The molecular weight excluding hydrogens is 238 g/mol. The number of hydrogen-bond donors (Lipinski definition) is 1. The molecule has 1 N–H and O–H groups in total. The zero-order chi connectivity index (χ0) is 14.0. The zero-order valence-electron chi connectivity index (χ0n) is 12.9. The number of nitrogens with one attached hydrogen (secondary N) is 1. The quantitative estimate of drug-likeness (QED) is 0.816. The highest BCUT2D eigenvalue weighted by atomic mass is 16.2. The zero-order valence-corrected chi connectivity index (χ0v) is 12.9. The van der Waals surface area contributed by atoms with Crippen molar-refractivity contribution in [2.45, 2.75) is 40.2 Å². The Morgan fingerprint density at radius 2 is 1.84 bits per heavy atom. The molecule has 19 heavy (non-hydrogen) atoms. The Labute approximate surface area is 117 Å². The Balaban J connectivity index is 1.90. The maximum Gasteiger partial charge on any atom is 0.239 e. The summed E-state index contributed by atoms with van der Waals surface area (Å²) in [6.07, 6.45) is 1.16. The summed E-state index contributed by atoms with van der Waals surface area (Å²) in [4.78, 5) is 17.0. The van der Waals surface area contributed by atoms with Crippen LogP contribution in [0.15, 0.2) is 0 Å². The minimum atomic E-state index is 0.0424. The second-order valence-electron chi connectivity index (χ2n) is 7.10. The fraction of sp³-hybridized carbons (Fsp3) is 0.933. The van der Waals surface area contributed by atoms with Crippen molar-refractivity contribution in [1.29, 1.82) is 0 Å². The molecule has 0 spiro atoms. The van der Waals surface area contributed by atoms with Crippen LogP contribution < -0.4 is 5.32 Å². The SMILES string of the molecule is CC(C(=O)N1CCC(C(C)(C)C)C1)N1CCNCC1. The Bertz CT molecular complexity index is 318. The second-order valence-corrected chi connectivity index (χ2v) is 7.10. The predicted octanol–water partition coefficient (Wildman–Crippen LogP) is 1.17. The average molecular weight is 267 g/mol. The molecule has 2 heterocycles. The van der Waals surface area contributed by atoms with Crippen molar-refractivity contribution in [3.63, 3.8) is 0 Å². The van der Waals surface area contributed by atoms with Gasteiger partial charge in [-0.05, 0) is 24.7 Å². The molecule has 2 aliphatic heterocycles. The van der Waals surface area contributed by atoms with E-state index in [4.69, 9.17) is 0 Å². The van der Waals surface area contributed by atoms with Crippen LogP contribution in [0.1, 0.15) is 34.1 Å². The third-order valence-corrected chi connectivity index (χ3v) is 4.78. The lowest BCUT2D eigenvalue weighted by Crippen LogP contribution is -2.53. The van der Waals surface area contributed by atoms with Gasteiger partial charge in [-0.3, -0.25) is 9.69 Å². The molecule has 2 fully saturated rings. The summed E-state index contributed by atoms with van der Waals surface area (Å²) in [6, 6.07) is 0.0424. The van der Waals surface area contributed by atoms with E-state index >= 15 is 0 Å². The van der Waals surface area contributed by atoms with E-state index in [0.29, 0.717) is 17.2 Å². The second kappa shape index (κ2) is 5.80. The normalized spacial score (nSPS) is 27.6. The van der Waals surface area contributed by atoms with E-state index in [1.165, 1.54) is 0 Å². The Morgan fingerprint density at radius 1 is 1.21 bits per heavy atom. The minimum absolute atomic E-state index is 0.0424. The predicted molar refractivity (Wildman–Crippen MR) is 78.0 cm³/mol. The lowest BCUT2D eigenvalue weighted by atomic mass is 9.80. The van der Waals surface area contributed by atoms with E-state index in [1.807, 2.05) is 0 Å². The number of piperazine rings is 1. The number of carbonyl (C=O) groups is 1. The third-order valence-electron chi connectivity index (χ3n) is 4.78. The molecule has 1 amide bonds. The van der Waals surface area contributed by atoms with Crippen LogP contribution in [0.25, 0.3) is 0 Å². The van der Waals surface area contributed by atoms with Crippen molar-refractivity contribution in [3.8, 4) is 0 Å². The van der Waals surface area contributed by atoms with Crippen LogP contribution in [-0.4, -0.2) is 61.0 Å². The summed E-state index contributed by atoms with van der Waals surface area (Å²) in [6.45, 7) is 14.8. The van der Waals surface area contributed by atoms with Gasteiger partial charge in [0.05, 0.1) is 6.04 Å². The lowest BCUT2D eigenvalue weighted by Gasteiger charge is -2.34. The fourth-order valence-electron chi connectivity index (χ4n) is 3.16. The maximum atomic E-state index is 12.6. The lowest BCUT2D eigenvalue weighted by molar-refractivity contribution is -0.135. The minimum Gasteiger partial charge on any atom is -0.341 e. The summed E-state index contributed by atoms with van der Waals surface area (Å²) in [7, 11) is 0. The number of nitrogens with zero attached hydrogens (tertiary/aromatic N) is 2. The number of amides is 1. The van der Waals surface area contributed by atoms with E-state index in [0.717, 1.165) is 45.7 Å². The Morgan fingerprint density at radius 3 is 2.37 bits per heavy atom. The van der Waals surface area contributed by atoms with Crippen molar-refractivity contribution >= 4 is 5.91 Å². The van der Waals surface area contributed by atoms with Gasteiger partial charge in [0.15, 0.2) is 0 Å².